The second kappa shape index (κ2) is 8.10. The van der Waals surface area contributed by atoms with Gasteiger partial charge in [0.05, 0.1) is 18.2 Å². The zero-order valence-corrected chi connectivity index (χ0v) is 15.1. The average molecular weight is 404 g/mol. The van der Waals surface area contributed by atoms with E-state index in [0.717, 1.165) is 16.8 Å². The van der Waals surface area contributed by atoms with Gasteiger partial charge in [-0.05, 0) is 42.0 Å². The van der Waals surface area contributed by atoms with Crippen LogP contribution in [0.2, 0.25) is 5.02 Å². The molecule has 0 spiro atoms. The van der Waals surface area contributed by atoms with Gasteiger partial charge in [-0.2, -0.15) is 5.10 Å². The number of hydrogen-bond donors (Lipinski definition) is 3. The molecule has 0 aliphatic rings. The minimum absolute atomic E-state index is 0.126. The molecular formula is C19H15ClFN3O4. The van der Waals surface area contributed by atoms with Gasteiger partial charge in [-0.25, -0.2) is 9.07 Å². The number of amides is 1. The fourth-order valence-electron chi connectivity index (χ4n) is 2.64. The van der Waals surface area contributed by atoms with E-state index in [-0.39, 0.29) is 11.6 Å². The monoisotopic (exact) mass is 403 g/mol. The van der Waals surface area contributed by atoms with Crippen LogP contribution in [0, 0.1) is 5.82 Å². The second-order valence-corrected chi connectivity index (χ2v) is 6.39. The van der Waals surface area contributed by atoms with Crippen molar-refractivity contribution < 1.29 is 24.2 Å². The summed E-state index contributed by atoms with van der Waals surface area (Å²) in [5.74, 6) is -2.71. The Morgan fingerprint density at radius 1 is 1.18 bits per heavy atom. The molecule has 3 N–H and O–H groups in total. The van der Waals surface area contributed by atoms with E-state index in [9.17, 15) is 19.1 Å². The van der Waals surface area contributed by atoms with Crippen LogP contribution in [0.15, 0.2) is 54.6 Å². The van der Waals surface area contributed by atoms with Crippen molar-refractivity contribution >= 4 is 23.5 Å². The van der Waals surface area contributed by atoms with Crippen molar-refractivity contribution in [3.63, 3.8) is 0 Å². The number of carboxylic acids is 1. The van der Waals surface area contributed by atoms with E-state index in [4.69, 9.17) is 16.7 Å². The predicted molar refractivity (Wildman–Crippen MR) is 99.1 cm³/mol. The van der Waals surface area contributed by atoms with Gasteiger partial charge in [-0.1, -0.05) is 23.7 Å². The number of nitrogens with zero attached hydrogens (tertiary/aromatic N) is 2. The molecule has 1 heterocycles. The highest BCUT2D eigenvalue weighted by Crippen LogP contribution is 2.22. The standard InChI is InChI=1S/C19H15ClFN3O4/c20-12-4-6-14(7-5-12)24-17(25)9-16(23-24)19(28)22-15(10-18(26)27)11-2-1-3-13(21)8-11/h1-9,15,25H,10H2,(H,22,28)(H,26,27)/t15-/m0/s1. The van der Waals surface area contributed by atoms with E-state index in [1.807, 2.05) is 0 Å². The lowest BCUT2D eigenvalue weighted by molar-refractivity contribution is -0.137. The molecule has 3 rings (SSSR count). The van der Waals surface area contributed by atoms with Crippen LogP contribution in [0.3, 0.4) is 0 Å². The van der Waals surface area contributed by atoms with Crippen molar-refractivity contribution in [1.82, 2.24) is 15.1 Å². The Morgan fingerprint density at radius 2 is 1.89 bits per heavy atom. The van der Waals surface area contributed by atoms with Crippen LogP contribution >= 0.6 is 11.6 Å². The molecular weight excluding hydrogens is 389 g/mol. The van der Waals surface area contributed by atoms with Crippen molar-refractivity contribution in [2.24, 2.45) is 0 Å². The zero-order valence-electron chi connectivity index (χ0n) is 14.3. The Kier molecular flexibility index (Phi) is 5.60. The summed E-state index contributed by atoms with van der Waals surface area (Å²) in [5.41, 5.74) is 0.657. The quantitative estimate of drug-likeness (QED) is 0.585. The topological polar surface area (TPSA) is 104 Å². The number of aliphatic carboxylic acids is 1. The van der Waals surface area contributed by atoms with E-state index in [1.54, 1.807) is 24.3 Å². The normalized spacial score (nSPS) is 11.8. The molecule has 28 heavy (non-hydrogen) atoms. The number of halogens is 2. The molecule has 0 aliphatic heterocycles. The summed E-state index contributed by atoms with van der Waals surface area (Å²) in [6.45, 7) is 0. The van der Waals surface area contributed by atoms with E-state index < -0.39 is 30.2 Å². The molecule has 1 amide bonds. The lowest BCUT2D eigenvalue weighted by Crippen LogP contribution is -2.30. The largest absolute Gasteiger partial charge is 0.493 e. The first-order valence-electron chi connectivity index (χ1n) is 8.16. The van der Waals surface area contributed by atoms with Crippen LogP contribution in [-0.4, -0.2) is 31.9 Å². The molecule has 1 aromatic heterocycles. The summed E-state index contributed by atoms with van der Waals surface area (Å²) < 4.78 is 14.6. The van der Waals surface area contributed by atoms with Crippen molar-refractivity contribution in [2.75, 3.05) is 0 Å². The van der Waals surface area contributed by atoms with Crippen LogP contribution in [0.5, 0.6) is 5.88 Å². The summed E-state index contributed by atoms with van der Waals surface area (Å²) in [5, 5.41) is 26.2. The molecule has 144 valence electrons. The molecule has 0 saturated heterocycles. The van der Waals surface area contributed by atoms with Crippen molar-refractivity contribution in [1.29, 1.82) is 0 Å². The first kappa shape index (κ1) is 19.4. The van der Waals surface area contributed by atoms with E-state index in [2.05, 4.69) is 10.4 Å². The fraction of sp³-hybridized carbons (Fsp3) is 0.105. The summed E-state index contributed by atoms with van der Waals surface area (Å²) in [6.07, 6.45) is -0.445. The van der Waals surface area contributed by atoms with Gasteiger partial charge in [-0.3, -0.25) is 9.59 Å². The van der Waals surface area contributed by atoms with Gasteiger partial charge in [0.15, 0.2) is 5.69 Å². The first-order valence-corrected chi connectivity index (χ1v) is 8.54. The Balaban J connectivity index is 1.85. The van der Waals surface area contributed by atoms with Crippen LogP contribution in [0.1, 0.15) is 28.5 Å². The van der Waals surface area contributed by atoms with E-state index in [1.165, 1.54) is 18.2 Å². The third-order valence-electron chi connectivity index (χ3n) is 3.93. The van der Waals surface area contributed by atoms with Crippen LogP contribution in [0.4, 0.5) is 4.39 Å². The number of carboxylic acid groups (broad SMARTS) is 1. The number of benzene rings is 2. The van der Waals surface area contributed by atoms with Gasteiger partial charge < -0.3 is 15.5 Å². The average Bonchev–Trinajstić information content (AvgIpc) is 3.03. The van der Waals surface area contributed by atoms with Gasteiger partial charge >= 0.3 is 5.97 Å². The van der Waals surface area contributed by atoms with Crippen molar-refractivity contribution in [2.45, 2.75) is 12.5 Å². The summed E-state index contributed by atoms with van der Waals surface area (Å²) in [6, 6.07) is 11.9. The maximum Gasteiger partial charge on any atom is 0.305 e. The Bertz CT molecular complexity index is 1020. The lowest BCUT2D eigenvalue weighted by Gasteiger charge is -2.16. The maximum atomic E-state index is 13.5. The summed E-state index contributed by atoms with van der Waals surface area (Å²) in [4.78, 5) is 23.7. The third kappa shape index (κ3) is 4.47. The fourth-order valence-corrected chi connectivity index (χ4v) is 2.76. The summed E-state index contributed by atoms with van der Waals surface area (Å²) in [7, 11) is 0. The number of nitrogens with one attached hydrogen (secondary N) is 1. The second-order valence-electron chi connectivity index (χ2n) is 5.95. The van der Waals surface area contributed by atoms with Gasteiger partial charge in [0.2, 0.25) is 5.88 Å². The molecule has 7 nitrogen and oxygen atoms in total. The molecule has 0 fully saturated rings. The molecule has 2 aromatic carbocycles. The number of aromatic hydroxyl groups is 1. The SMILES string of the molecule is O=C(O)C[C@H](NC(=O)c1cc(O)n(-c2ccc(Cl)cc2)n1)c1cccc(F)c1. The minimum atomic E-state index is -1.16. The number of carbonyl (C=O) groups excluding carboxylic acids is 1. The van der Waals surface area contributed by atoms with Crippen LogP contribution < -0.4 is 5.32 Å². The number of aromatic nitrogens is 2. The van der Waals surface area contributed by atoms with Crippen LogP contribution in [-0.2, 0) is 4.79 Å². The maximum absolute atomic E-state index is 13.5. The first-order chi connectivity index (χ1) is 13.3. The highest BCUT2D eigenvalue weighted by Gasteiger charge is 2.22. The minimum Gasteiger partial charge on any atom is -0.493 e. The third-order valence-corrected chi connectivity index (χ3v) is 4.18. The molecule has 0 aliphatic carbocycles. The van der Waals surface area contributed by atoms with E-state index >= 15 is 0 Å². The van der Waals surface area contributed by atoms with Gasteiger partial charge in [-0.15, -0.1) is 0 Å². The highest BCUT2D eigenvalue weighted by molar-refractivity contribution is 6.30. The van der Waals surface area contributed by atoms with Gasteiger partial charge in [0.25, 0.3) is 5.91 Å². The molecule has 3 aromatic rings. The highest BCUT2D eigenvalue weighted by atomic mass is 35.5. The molecule has 9 heteroatoms. The van der Waals surface area contributed by atoms with Crippen LogP contribution in [0.25, 0.3) is 5.69 Å². The molecule has 1 atom stereocenters. The summed E-state index contributed by atoms with van der Waals surface area (Å²) >= 11 is 5.83. The van der Waals surface area contributed by atoms with E-state index in [0.29, 0.717) is 16.3 Å². The predicted octanol–water partition coefficient (Wildman–Crippen LogP) is 3.32. The lowest BCUT2D eigenvalue weighted by atomic mass is 10.0. The molecule has 0 saturated carbocycles. The number of carbonyl (C=O) groups is 2. The molecule has 0 radical (unpaired) electrons. The Hall–Kier alpha value is -3.39. The van der Waals surface area contributed by atoms with Gasteiger partial charge in [0.1, 0.15) is 5.82 Å². The smallest absolute Gasteiger partial charge is 0.305 e. The molecule has 0 bridgehead atoms. The van der Waals surface area contributed by atoms with Gasteiger partial charge in [0, 0.05) is 11.1 Å². The Labute approximate surface area is 164 Å². The number of rotatable bonds is 6. The van der Waals surface area contributed by atoms with Crippen molar-refractivity contribution in [3.8, 4) is 11.6 Å². The van der Waals surface area contributed by atoms with Crippen molar-refractivity contribution in [3.05, 3.63) is 76.7 Å². The number of hydrogen-bond acceptors (Lipinski definition) is 4. The molecule has 0 unspecified atom stereocenters. The zero-order chi connectivity index (χ0) is 20.3. The Morgan fingerprint density at radius 3 is 2.54 bits per heavy atom.